The predicted molar refractivity (Wildman–Crippen MR) is 70.3 cm³/mol. The molecule has 2 rings (SSSR count). The van der Waals surface area contributed by atoms with Crippen molar-refractivity contribution in [2.75, 3.05) is 6.61 Å². The molecule has 0 aliphatic carbocycles. The highest BCUT2D eigenvalue weighted by molar-refractivity contribution is 14.1. The number of hydrogen-bond donors (Lipinski definition) is 1. The fourth-order valence-corrected chi connectivity index (χ4v) is 2.46. The van der Waals surface area contributed by atoms with Crippen LogP contribution in [-0.2, 0) is 0 Å². The molecule has 15 heavy (non-hydrogen) atoms. The Kier molecular flexibility index (Phi) is 3.51. The van der Waals surface area contributed by atoms with E-state index < -0.39 is 0 Å². The van der Waals surface area contributed by atoms with Crippen LogP contribution in [0.4, 0.5) is 0 Å². The summed E-state index contributed by atoms with van der Waals surface area (Å²) < 4.78 is 6.92. The van der Waals surface area contributed by atoms with Crippen LogP contribution in [0.2, 0.25) is 0 Å². The quantitative estimate of drug-likeness (QED) is 0.846. The number of benzene rings is 1. The van der Waals surface area contributed by atoms with Crippen LogP contribution in [0.1, 0.15) is 31.9 Å². The van der Waals surface area contributed by atoms with Gasteiger partial charge in [-0.15, -0.1) is 0 Å². The molecule has 1 N–H and O–H groups in total. The summed E-state index contributed by atoms with van der Waals surface area (Å²) in [5.41, 5.74) is 1.31. The normalized spacial score (nSPS) is 19.9. The first-order valence-electron chi connectivity index (χ1n) is 5.35. The number of hydrogen-bond acceptors (Lipinski definition) is 2. The van der Waals surface area contributed by atoms with E-state index in [-0.39, 0.29) is 0 Å². The van der Waals surface area contributed by atoms with E-state index in [4.69, 9.17) is 4.74 Å². The average Bonchev–Trinajstić information content (AvgIpc) is 2.18. The monoisotopic (exact) mass is 317 g/mol. The minimum atomic E-state index is 0.448. The third-order valence-electron chi connectivity index (χ3n) is 2.55. The van der Waals surface area contributed by atoms with Gasteiger partial charge in [-0.25, -0.2) is 0 Å². The van der Waals surface area contributed by atoms with Crippen molar-refractivity contribution in [1.29, 1.82) is 0 Å². The summed E-state index contributed by atoms with van der Waals surface area (Å²) in [4.78, 5) is 0. The van der Waals surface area contributed by atoms with Crippen LogP contribution in [0.25, 0.3) is 0 Å². The van der Waals surface area contributed by atoms with Crippen molar-refractivity contribution in [1.82, 2.24) is 5.32 Å². The highest BCUT2D eigenvalue weighted by Gasteiger charge is 2.21. The summed E-state index contributed by atoms with van der Waals surface area (Å²) >= 11 is 2.35. The molecule has 0 saturated heterocycles. The van der Waals surface area contributed by atoms with E-state index in [0.717, 1.165) is 18.8 Å². The first-order chi connectivity index (χ1) is 7.16. The van der Waals surface area contributed by atoms with Crippen molar-refractivity contribution in [2.45, 2.75) is 32.4 Å². The van der Waals surface area contributed by atoms with Gasteiger partial charge in [-0.2, -0.15) is 0 Å². The molecule has 0 aromatic heterocycles. The Morgan fingerprint density at radius 2 is 2.27 bits per heavy atom. The van der Waals surface area contributed by atoms with Crippen LogP contribution >= 0.6 is 22.6 Å². The highest BCUT2D eigenvalue weighted by Crippen LogP contribution is 2.33. The largest absolute Gasteiger partial charge is 0.493 e. The Morgan fingerprint density at radius 1 is 1.47 bits per heavy atom. The minimum absolute atomic E-state index is 0.448. The van der Waals surface area contributed by atoms with E-state index in [1.807, 2.05) is 0 Å². The molecule has 1 aliphatic rings. The van der Waals surface area contributed by atoms with Crippen LogP contribution in [0.5, 0.6) is 5.75 Å². The van der Waals surface area contributed by atoms with Crippen LogP contribution in [-0.4, -0.2) is 12.6 Å². The molecule has 82 valence electrons. The van der Waals surface area contributed by atoms with Gasteiger partial charge < -0.3 is 10.1 Å². The zero-order valence-electron chi connectivity index (χ0n) is 9.09. The van der Waals surface area contributed by atoms with Crippen LogP contribution in [0.3, 0.4) is 0 Å². The van der Waals surface area contributed by atoms with Crippen molar-refractivity contribution in [2.24, 2.45) is 0 Å². The second-order valence-electron chi connectivity index (χ2n) is 4.19. The standard InChI is InChI=1S/C12H16INO/c1-8(2)14-11-5-6-15-12-4-3-9(13)7-10(11)12/h3-4,7-8,11,14H,5-6H2,1-2H3. The fraction of sp³-hybridized carbons (Fsp3) is 0.500. The summed E-state index contributed by atoms with van der Waals surface area (Å²) in [6.07, 6.45) is 1.06. The lowest BCUT2D eigenvalue weighted by Crippen LogP contribution is -2.32. The Morgan fingerprint density at radius 3 is 3.00 bits per heavy atom. The van der Waals surface area contributed by atoms with E-state index >= 15 is 0 Å². The Balaban J connectivity index is 2.28. The number of rotatable bonds is 2. The summed E-state index contributed by atoms with van der Waals surface area (Å²) in [5.74, 6) is 1.04. The number of ether oxygens (including phenoxy) is 1. The van der Waals surface area contributed by atoms with Crippen molar-refractivity contribution < 1.29 is 4.74 Å². The molecule has 0 radical (unpaired) electrons. The number of nitrogens with one attached hydrogen (secondary N) is 1. The zero-order chi connectivity index (χ0) is 10.8. The summed E-state index contributed by atoms with van der Waals surface area (Å²) in [6.45, 7) is 5.18. The lowest BCUT2D eigenvalue weighted by molar-refractivity contribution is 0.247. The SMILES string of the molecule is CC(C)NC1CCOc2ccc(I)cc21. The van der Waals surface area contributed by atoms with Crippen molar-refractivity contribution in [3.8, 4) is 5.75 Å². The van der Waals surface area contributed by atoms with Gasteiger partial charge in [0.05, 0.1) is 6.61 Å². The molecule has 0 bridgehead atoms. The molecule has 0 spiro atoms. The van der Waals surface area contributed by atoms with Gasteiger partial charge in [-0.3, -0.25) is 0 Å². The molecule has 0 amide bonds. The van der Waals surface area contributed by atoms with Gasteiger partial charge in [0.1, 0.15) is 5.75 Å². The summed E-state index contributed by atoms with van der Waals surface area (Å²) in [6, 6.07) is 7.35. The van der Waals surface area contributed by atoms with Crippen LogP contribution < -0.4 is 10.1 Å². The van der Waals surface area contributed by atoms with Gasteiger partial charge in [-0.05, 0) is 40.8 Å². The Hall–Kier alpha value is -0.290. The molecule has 1 atom stereocenters. The van der Waals surface area contributed by atoms with E-state index in [0.29, 0.717) is 12.1 Å². The molecular formula is C12H16INO. The second kappa shape index (κ2) is 4.70. The van der Waals surface area contributed by atoms with E-state index in [2.05, 4.69) is 60.0 Å². The van der Waals surface area contributed by atoms with E-state index in [1.165, 1.54) is 9.13 Å². The smallest absolute Gasteiger partial charge is 0.124 e. The second-order valence-corrected chi connectivity index (χ2v) is 5.44. The van der Waals surface area contributed by atoms with Crippen LogP contribution in [0.15, 0.2) is 18.2 Å². The lowest BCUT2D eigenvalue weighted by atomic mass is 10.00. The van der Waals surface area contributed by atoms with Gasteiger partial charge in [-0.1, -0.05) is 13.8 Å². The molecule has 0 saturated carbocycles. The van der Waals surface area contributed by atoms with E-state index in [1.54, 1.807) is 0 Å². The minimum Gasteiger partial charge on any atom is -0.493 e. The van der Waals surface area contributed by atoms with Gasteiger partial charge >= 0.3 is 0 Å². The molecule has 1 heterocycles. The van der Waals surface area contributed by atoms with Gasteiger partial charge in [0.25, 0.3) is 0 Å². The molecule has 1 aromatic rings. The van der Waals surface area contributed by atoms with E-state index in [9.17, 15) is 0 Å². The third kappa shape index (κ3) is 2.64. The molecule has 1 aliphatic heterocycles. The maximum Gasteiger partial charge on any atom is 0.124 e. The molecule has 2 nitrogen and oxygen atoms in total. The predicted octanol–water partition coefficient (Wildman–Crippen LogP) is 3.11. The fourth-order valence-electron chi connectivity index (χ4n) is 1.94. The number of fused-ring (bicyclic) bond motifs is 1. The topological polar surface area (TPSA) is 21.3 Å². The molecular weight excluding hydrogens is 301 g/mol. The Bertz CT molecular complexity index is 351. The molecule has 1 aromatic carbocycles. The Labute approximate surface area is 105 Å². The average molecular weight is 317 g/mol. The van der Waals surface area contributed by atoms with Crippen molar-refractivity contribution in [3.63, 3.8) is 0 Å². The summed E-state index contributed by atoms with van der Waals surface area (Å²) in [7, 11) is 0. The van der Waals surface area contributed by atoms with Gasteiger partial charge in [0.15, 0.2) is 0 Å². The molecule has 3 heteroatoms. The van der Waals surface area contributed by atoms with Crippen molar-refractivity contribution in [3.05, 3.63) is 27.3 Å². The maximum absolute atomic E-state index is 5.65. The molecule has 0 fully saturated rings. The van der Waals surface area contributed by atoms with Gasteiger partial charge in [0.2, 0.25) is 0 Å². The first-order valence-corrected chi connectivity index (χ1v) is 6.43. The highest BCUT2D eigenvalue weighted by atomic mass is 127. The van der Waals surface area contributed by atoms with Crippen LogP contribution in [0, 0.1) is 3.57 Å². The maximum atomic E-state index is 5.65. The zero-order valence-corrected chi connectivity index (χ0v) is 11.2. The summed E-state index contributed by atoms with van der Waals surface area (Å²) in [5, 5.41) is 3.58. The van der Waals surface area contributed by atoms with Gasteiger partial charge in [0, 0.05) is 27.6 Å². The lowest BCUT2D eigenvalue weighted by Gasteiger charge is -2.28. The number of halogens is 1. The van der Waals surface area contributed by atoms with Crippen molar-refractivity contribution >= 4 is 22.6 Å². The molecule has 1 unspecified atom stereocenters. The first kappa shape index (κ1) is 11.2. The third-order valence-corrected chi connectivity index (χ3v) is 3.22.